The van der Waals surface area contributed by atoms with Gasteiger partial charge in [0, 0.05) is 41.5 Å². The average Bonchev–Trinajstić information content (AvgIpc) is 2.87. The minimum absolute atomic E-state index is 0.0283. The second-order valence-corrected chi connectivity index (χ2v) is 9.76. The normalized spacial score (nSPS) is 12.7. The summed E-state index contributed by atoms with van der Waals surface area (Å²) in [5, 5.41) is 19.5. The molecule has 2 unspecified atom stereocenters. The van der Waals surface area contributed by atoms with Gasteiger partial charge in [-0.2, -0.15) is 0 Å². The number of nitrogens with one attached hydrogen (secondary N) is 3. The van der Waals surface area contributed by atoms with Crippen LogP contribution in [-0.4, -0.2) is 52.0 Å². The third-order valence-corrected chi connectivity index (χ3v) is 7.00. The number of hydrogen-bond acceptors (Lipinski definition) is 9. The maximum Gasteiger partial charge on any atom is 0.243 e. The third-order valence-electron chi connectivity index (χ3n) is 5.29. The van der Waals surface area contributed by atoms with Crippen molar-refractivity contribution in [2.45, 2.75) is 30.0 Å². The van der Waals surface area contributed by atoms with E-state index in [1.54, 1.807) is 43.5 Å². The van der Waals surface area contributed by atoms with Gasteiger partial charge in [0.15, 0.2) is 11.5 Å². The molecule has 10 heteroatoms. The highest BCUT2D eigenvalue weighted by Gasteiger charge is 2.17. The number of benzene rings is 2. The van der Waals surface area contributed by atoms with Crippen molar-refractivity contribution in [3.05, 3.63) is 71.5 Å². The van der Waals surface area contributed by atoms with Crippen molar-refractivity contribution in [2.24, 2.45) is 0 Å². The largest absolute Gasteiger partial charge is 0.419 e. The Bertz CT molecular complexity index is 1200. The van der Waals surface area contributed by atoms with Crippen LogP contribution >= 0.6 is 0 Å². The summed E-state index contributed by atoms with van der Waals surface area (Å²) in [5.74, 6) is -0.529. The molecule has 9 nitrogen and oxygen atoms in total. The minimum atomic E-state index is -1.15. The highest BCUT2D eigenvalue weighted by atomic mass is 32.2. The van der Waals surface area contributed by atoms with Crippen molar-refractivity contribution >= 4 is 28.4 Å². The first-order valence-corrected chi connectivity index (χ1v) is 12.3. The van der Waals surface area contributed by atoms with Crippen molar-refractivity contribution < 1.29 is 13.7 Å². The molecule has 0 aliphatic heterocycles. The molecule has 0 amide bonds. The zero-order valence-electron chi connectivity index (χ0n) is 20.0. The van der Waals surface area contributed by atoms with Gasteiger partial charge in [0.1, 0.15) is 0 Å². The number of aromatic nitrogens is 2. The Morgan fingerprint density at radius 3 is 2.43 bits per heavy atom. The second kappa shape index (κ2) is 12.3. The topological polar surface area (TPSA) is 147 Å². The van der Waals surface area contributed by atoms with Crippen LogP contribution in [0.2, 0.25) is 0 Å². The summed E-state index contributed by atoms with van der Waals surface area (Å²) in [7, 11) is 2.33. The number of nitrogen functional groups attached to an aromatic ring is 1. The summed E-state index contributed by atoms with van der Waals surface area (Å²) in [5.41, 5.74) is 8.80. The molecular weight excluding hydrogens is 464 g/mol. The first kappa shape index (κ1) is 26.1. The monoisotopic (exact) mass is 494 g/mol. The molecule has 1 heterocycles. The number of rotatable bonds is 10. The summed E-state index contributed by atoms with van der Waals surface area (Å²) < 4.78 is 23.2. The highest BCUT2D eigenvalue weighted by Crippen LogP contribution is 2.22. The molecule has 2 aromatic carbocycles. The fourth-order valence-electron chi connectivity index (χ4n) is 3.27. The molecule has 0 bridgehead atoms. The van der Waals surface area contributed by atoms with E-state index in [-0.39, 0.29) is 28.6 Å². The molecule has 184 valence electrons. The summed E-state index contributed by atoms with van der Waals surface area (Å²) in [6.07, 6.45) is 2.21. The molecule has 2 atom stereocenters. The van der Waals surface area contributed by atoms with Crippen LogP contribution in [0.15, 0.2) is 59.6 Å². The molecule has 3 rings (SSSR count). The van der Waals surface area contributed by atoms with E-state index in [4.69, 9.17) is 26.0 Å². The van der Waals surface area contributed by atoms with Gasteiger partial charge >= 0.3 is 0 Å². The Balaban J connectivity index is 1.74. The molecule has 0 saturated heterocycles. The Morgan fingerprint density at radius 2 is 1.80 bits per heavy atom. The third kappa shape index (κ3) is 6.78. The molecule has 0 radical (unpaired) electrons. The van der Waals surface area contributed by atoms with Gasteiger partial charge in [0.2, 0.25) is 11.8 Å². The van der Waals surface area contributed by atoms with E-state index in [1.165, 1.54) is 6.20 Å². The lowest BCUT2D eigenvalue weighted by atomic mass is 10.1. The van der Waals surface area contributed by atoms with E-state index < -0.39 is 10.8 Å². The van der Waals surface area contributed by atoms with E-state index in [2.05, 4.69) is 15.3 Å². The lowest BCUT2D eigenvalue weighted by molar-refractivity contribution is 0.195. The van der Waals surface area contributed by atoms with Gasteiger partial charge in [-0.1, -0.05) is 31.2 Å². The van der Waals surface area contributed by atoms with Crippen LogP contribution in [0.1, 0.15) is 30.2 Å². The number of nitrogens with zero attached hydrogens (tertiary/aromatic N) is 2. The molecule has 0 spiro atoms. The standard InChI is InChI=1S/C25H30N6O3S/c1-16(12-13-33-3)35(32)20-10-8-18(9-11-20)21-15-30-23(26)22(31-21)25(28)34-24(27)19-6-4-17(5-7-19)14-29-2/h4-11,15-16,27-29H,12-14H2,1-3H3,(H2,26,30). The van der Waals surface area contributed by atoms with Crippen LogP contribution in [0, 0.1) is 10.8 Å². The SMILES string of the molecule is CNCc1ccc(C(=N)OC(=N)c2nc(-c3ccc(S(=O)C(C)CCOC)cc3)cnc2N)cc1. The second-order valence-electron chi connectivity index (χ2n) is 7.89. The Kier molecular flexibility index (Phi) is 9.18. The van der Waals surface area contributed by atoms with Crippen LogP contribution in [-0.2, 0) is 26.8 Å². The molecule has 1 aromatic heterocycles. The van der Waals surface area contributed by atoms with Gasteiger partial charge in [-0.05, 0) is 43.3 Å². The van der Waals surface area contributed by atoms with Gasteiger partial charge < -0.3 is 20.5 Å². The summed E-state index contributed by atoms with van der Waals surface area (Å²) in [4.78, 5) is 9.31. The lowest BCUT2D eigenvalue weighted by Gasteiger charge is -2.12. The fourth-order valence-corrected chi connectivity index (χ4v) is 4.45. The quantitative estimate of drug-likeness (QED) is 0.250. The Morgan fingerprint density at radius 1 is 1.11 bits per heavy atom. The number of nitrogens with two attached hydrogens (primary N) is 1. The van der Waals surface area contributed by atoms with E-state index in [0.717, 1.165) is 11.1 Å². The van der Waals surface area contributed by atoms with Gasteiger partial charge in [-0.25, -0.2) is 9.97 Å². The zero-order chi connectivity index (χ0) is 25.4. The van der Waals surface area contributed by atoms with E-state index in [0.29, 0.717) is 35.7 Å². The first-order valence-electron chi connectivity index (χ1n) is 11.1. The number of hydrogen-bond donors (Lipinski definition) is 4. The molecule has 0 aliphatic rings. The Labute approximate surface area is 207 Å². The summed E-state index contributed by atoms with van der Waals surface area (Å²) in [6.45, 7) is 3.20. The van der Waals surface area contributed by atoms with Gasteiger partial charge in [0.05, 0.1) is 22.7 Å². The molecule has 5 N–H and O–H groups in total. The van der Waals surface area contributed by atoms with Crippen LogP contribution in [0.5, 0.6) is 0 Å². The van der Waals surface area contributed by atoms with Gasteiger partial charge in [-0.3, -0.25) is 15.0 Å². The van der Waals surface area contributed by atoms with Crippen LogP contribution in [0.4, 0.5) is 5.82 Å². The van der Waals surface area contributed by atoms with Crippen molar-refractivity contribution in [1.82, 2.24) is 15.3 Å². The molecular formula is C25H30N6O3S. The predicted molar refractivity (Wildman–Crippen MR) is 138 cm³/mol. The van der Waals surface area contributed by atoms with Crippen LogP contribution in [0.25, 0.3) is 11.3 Å². The van der Waals surface area contributed by atoms with Crippen molar-refractivity contribution in [3.8, 4) is 11.3 Å². The molecule has 35 heavy (non-hydrogen) atoms. The van der Waals surface area contributed by atoms with Crippen LogP contribution in [0.3, 0.4) is 0 Å². The molecule has 3 aromatic rings. The number of ether oxygens (including phenoxy) is 2. The molecule has 0 fully saturated rings. The van der Waals surface area contributed by atoms with Crippen LogP contribution < -0.4 is 11.1 Å². The highest BCUT2D eigenvalue weighted by molar-refractivity contribution is 7.85. The number of anilines is 1. The smallest absolute Gasteiger partial charge is 0.243 e. The number of methoxy groups -OCH3 is 1. The zero-order valence-corrected chi connectivity index (χ0v) is 20.8. The van der Waals surface area contributed by atoms with E-state index in [1.807, 2.05) is 26.1 Å². The summed E-state index contributed by atoms with van der Waals surface area (Å²) in [6, 6.07) is 14.5. The van der Waals surface area contributed by atoms with Gasteiger partial charge in [-0.15, -0.1) is 0 Å². The van der Waals surface area contributed by atoms with Crippen molar-refractivity contribution in [2.75, 3.05) is 26.5 Å². The molecule has 0 aliphatic carbocycles. The lowest BCUT2D eigenvalue weighted by Crippen LogP contribution is -2.17. The van der Waals surface area contributed by atoms with Crippen molar-refractivity contribution in [3.63, 3.8) is 0 Å². The van der Waals surface area contributed by atoms with Gasteiger partial charge in [0.25, 0.3) is 0 Å². The molecule has 0 saturated carbocycles. The minimum Gasteiger partial charge on any atom is -0.419 e. The Hall–Kier alpha value is -3.47. The van der Waals surface area contributed by atoms with E-state index in [9.17, 15) is 4.21 Å². The fraction of sp³-hybridized carbons (Fsp3) is 0.280. The average molecular weight is 495 g/mol. The van der Waals surface area contributed by atoms with Crippen molar-refractivity contribution in [1.29, 1.82) is 10.8 Å². The maximum atomic E-state index is 12.7. The maximum absolute atomic E-state index is 12.7. The predicted octanol–water partition coefficient (Wildman–Crippen LogP) is 3.35. The summed E-state index contributed by atoms with van der Waals surface area (Å²) >= 11 is 0. The first-order chi connectivity index (χ1) is 16.8. The van der Waals surface area contributed by atoms with E-state index >= 15 is 0 Å².